The first-order chi connectivity index (χ1) is 9.24. The molecule has 0 aliphatic heterocycles. The van der Waals surface area contributed by atoms with Gasteiger partial charge in [0, 0.05) is 14.2 Å². The summed E-state index contributed by atoms with van der Waals surface area (Å²) < 4.78 is 1.14. The van der Waals surface area contributed by atoms with Crippen LogP contribution in [-0.4, -0.2) is 0 Å². The zero-order valence-corrected chi connectivity index (χ0v) is 14.7. The van der Waals surface area contributed by atoms with Crippen molar-refractivity contribution in [1.82, 2.24) is 0 Å². The van der Waals surface area contributed by atoms with Crippen molar-refractivity contribution in [3.63, 3.8) is 0 Å². The van der Waals surface area contributed by atoms with Crippen molar-refractivity contribution >= 4 is 43.2 Å². The van der Waals surface area contributed by atoms with Crippen LogP contribution >= 0.6 is 43.2 Å². The van der Waals surface area contributed by atoms with Crippen LogP contribution < -0.4 is 0 Å². The van der Waals surface area contributed by atoms with Gasteiger partial charge in [0.1, 0.15) is 0 Å². The summed E-state index contributed by atoms with van der Waals surface area (Å²) in [6, 6.07) is 11.0. The van der Waals surface area contributed by atoms with Crippen LogP contribution in [0.25, 0.3) is 0 Å². The van der Waals surface area contributed by atoms with E-state index in [0.29, 0.717) is 4.83 Å². The maximum absolute atomic E-state index is 3.86. The zero-order chi connectivity index (χ0) is 13.2. The Labute approximate surface area is 135 Å². The van der Waals surface area contributed by atoms with E-state index in [0.717, 1.165) is 4.47 Å². The van der Waals surface area contributed by atoms with E-state index in [2.05, 4.69) is 62.2 Å². The predicted molar refractivity (Wildman–Crippen MR) is 90.5 cm³/mol. The molecule has 100 valence electrons. The fourth-order valence-corrected chi connectivity index (χ4v) is 4.86. The van der Waals surface area contributed by atoms with Gasteiger partial charge in [-0.05, 0) is 55.0 Å². The van der Waals surface area contributed by atoms with Crippen LogP contribution in [0.4, 0.5) is 0 Å². The van der Waals surface area contributed by atoms with Crippen molar-refractivity contribution in [2.75, 3.05) is 0 Å². The van der Waals surface area contributed by atoms with Crippen LogP contribution in [0.2, 0.25) is 0 Å². The Kier molecular flexibility index (Phi) is 4.45. The summed E-state index contributed by atoms with van der Waals surface area (Å²) >= 11 is 9.35. The first-order valence-electron chi connectivity index (χ1n) is 6.75. The predicted octanol–water partition coefficient (Wildman–Crippen LogP) is 6.26. The highest BCUT2D eigenvalue weighted by molar-refractivity contribution is 9.10. The van der Waals surface area contributed by atoms with E-state index in [9.17, 15) is 0 Å². The number of hydrogen-bond acceptors (Lipinski definition) is 1. The van der Waals surface area contributed by atoms with Crippen LogP contribution in [0.5, 0.6) is 0 Å². The molecule has 0 N–H and O–H groups in total. The molecule has 0 saturated heterocycles. The monoisotopic (exact) mass is 398 g/mol. The Morgan fingerprint density at radius 3 is 2.53 bits per heavy atom. The fourth-order valence-electron chi connectivity index (χ4n) is 2.61. The standard InChI is InChI=1S/C16H16Br2S/c17-13-8-6-11(7-9-13)16(18)15-10-12-4-2-1-3-5-14(12)19-15/h6-10,16H,1-5H2. The van der Waals surface area contributed by atoms with Gasteiger partial charge >= 0.3 is 0 Å². The lowest BCUT2D eigenvalue weighted by Gasteiger charge is -2.08. The molecule has 1 atom stereocenters. The lowest BCUT2D eigenvalue weighted by Crippen LogP contribution is -1.89. The molecular weight excluding hydrogens is 384 g/mol. The highest BCUT2D eigenvalue weighted by Crippen LogP contribution is 2.39. The Balaban J connectivity index is 1.87. The van der Waals surface area contributed by atoms with Crippen LogP contribution in [0.15, 0.2) is 34.8 Å². The maximum Gasteiger partial charge on any atom is 0.0738 e. The van der Waals surface area contributed by atoms with Gasteiger partial charge in [0.05, 0.1) is 4.83 Å². The molecule has 3 heteroatoms. The van der Waals surface area contributed by atoms with Crippen LogP contribution in [-0.2, 0) is 12.8 Å². The molecule has 0 spiro atoms. The van der Waals surface area contributed by atoms with Gasteiger partial charge in [-0.3, -0.25) is 0 Å². The molecule has 1 unspecified atom stereocenters. The Morgan fingerprint density at radius 2 is 1.74 bits per heavy atom. The van der Waals surface area contributed by atoms with Gasteiger partial charge in [0.2, 0.25) is 0 Å². The van der Waals surface area contributed by atoms with Gasteiger partial charge < -0.3 is 0 Å². The van der Waals surface area contributed by atoms with Gasteiger partial charge in [-0.15, -0.1) is 11.3 Å². The highest BCUT2D eigenvalue weighted by Gasteiger charge is 2.17. The minimum atomic E-state index is 0.331. The Hall–Kier alpha value is -0.120. The third-order valence-corrected chi connectivity index (χ3v) is 6.83. The van der Waals surface area contributed by atoms with Gasteiger partial charge in [-0.1, -0.05) is 50.4 Å². The average Bonchev–Trinajstić information content (AvgIpc) is 2.70. The molecule has 1 aromatic heterocycles. The first kappa shape index (κ1) is 13.8. The zero-order valence-electron chi connectivity index (χ0n) is 10.7. The molecule has 0 nitrogen and oxygen atoms in total. The van der Waals surface area contributed by atoms with Gasteiger partial charge in [-0.25, -0.2) is 0 Å². The largest absolute Gasteiger partial charge is 0.144 e. The van der Waals surface area contributed by atoms with Crippen molar-refractivity contribution in [3.05, 3.63) is 55.7 Å². The van der Waals surface area contributed by atoms with Crippen molar-refractivity contribution in [3.8, 4) is 0 Å². The smallest absolute Gasteiger partial charge is 0.0738 e. The number of hydrogen-bond donors (Lipinski definition) is 0. The molecule has 19 heavy (non-hydrogen) atoms. The summed E-state index contributed by atoms with van der Waals surface area (Å²) in [7, 11) is 0. The molecule has 1 aliphatic rings. The molecule has 0 bridgehead atoms. The second-order valence-electron chi connectivity index (χ2n) is 5.07. The van der Waals surface area contributed by atoms with Crippen molar-refractivity contribution in [1.29, 1.82) is 0 Å². The van der Waals surface area contributed by atoms with Crippen molar-refractivity contribution in [2.24, 2.45) is 0 Å². The number of fused-ring (bicyclic) bond motifs is 1. The average molecular weight is 400 g/mol. The molecule has 0 amide bonds. The second kappa shape index (κ2) is 6.11. The molecule has 0 fully saturated rings. The summed E-state index contributed by atoms with van der Waals surface area (Å²) in [5, 5.41) is 0. The minimum absolute atomic E-state index is 0.331. The van der Waals surface area contributed by atoms with Crippen LogP contribution in [0, 0.1) is 0 Å². The lowest BCUT2D eigenvalue weighted by molar-refractivity contribution is 0.712. The summed E-state index contributed by atoms with van der Waals surface area (Å²) in [6.07, 6.45) is 6.65. The SMILES string of the molecule is Brc1ccc(C(Br)c2cc3c(s2)CCCCC3)cc1. The van der Waals surface area contributed by atoms with Gasteiger partial charge in [0.15, 0.2) is 0 Å². The lowest BCUT2D eigenvalue weighted by atomic mass is 10.1. The molecule has 1 aromatic carbocycles. The second-order valence-corrected chi connectivity index (χ2v) is 8.07. The topological polar surface area (TPSA) is 0 Å². The molecule has 3 rings (SSSR count). The van der Waals surface area contributed by atoms with E-state index in [1.54, 1.807) is 10.4 Å². The summed E-state index contributed by atoms with van der Waals surface area (Å²) in [5.41, 5.74) is 2.93. The minimum Gasteiger partial charge on any atom is -0.144 e. The van der Waals surface area contributed by atoms with Crippen molar-refractivity contribution < 1.29 is 0 Å². The number of rotatable bonds is 2. The third kappa shape index (κ3) is 3.14. The highest BCUT2D eigenvalue weighted by atomic mass is 79.9. The summed E-state index contributed by atoms with van der Waals surface area (Å²) in [6.45, 7) is 0. The molecule has 1 heterocycles. The quantitative estimate of drug-likeness (QED) is 0.412. The van der Waals surface area contributed by atoms with Crippen molar-refractivity contribution in [2.45, 2.75) is 36.9 Å². The van der Waals surface area contributed by atoms with Gasteiger partial charge in [0.25, 0.3) is 0 Å². The number of halogens is 2. The maximum atomic E-state index is 3.86. The third-order valence-electron chi connectivity index (χ3n) is 3.68. The summed E-state index contributed by atoms with van der Waals surface area (Å²) in [5.74, 6) is 0. The summed E-state index contributed by atoms with van der Waals surface area (Å²) in [4.78, 5) is 3.40. The van der Waals surface area contributed by atoms with E-state index in [4.69, 9.17) is 0 Å². The molecule has 2 aromatic rings. The number of benzene rings is 1. The number of aryl methyl sites for hydroxylation is 2. The Bertz CT molecular complexity index is 533. The van der Waals surface area contributed by atoms with E-state index in [-0.39, 0.29) is 0 Å². The molecule has 1 aliphatic carbocycles. The molecular formula is C16H16Br2S. The normalized spacial score (nSPS) is 16.7. The van der Waals surface area contributed by atoms with E-state index < -0.39 is 0 Å². The van der Waals surface area contributed by atoms with Gasteiger partial charge in [-0.2, -0.15) is 0 Å². The Morgan fingerprint density at radius 1 is 1.00 bits per heavy atom. The van der Waals surface area contributed by atoms with E-state index in [1.165, 1.54) is 42.5 Å². The first-order valence-corrected chi connectivity index (χ1v) is 9.27. The van der Waals surface area contributed by atoms with Crippen LogP contribution in [0.1, 0.15) is 45.0 Å². The van der Waals surface area contributed by atoms with Crippen LogP contribution in [0.3, 0.4) is 0 Å². The molecule has 0 radical (unpaired) electrons. The van der Waals surface area contributed by atoms with E-state index in [1.807, 2.05) is 11.3 Å². The number of thiophene rings is 1. The van der Waals surface area contributed by atoms with E-state index >= 15 is 0 Å². The molecule has 0 saturated carbocycles. The number of alkyl halides is 1. The fraction of sp³-hybridized carbons (Fsp3) is 0.375.